The van der Waals surface area contributed by atoms with Crippen LogP contribution in [0.25, 0.3) is 0 Å². The van der Waals surface area contributed by atoms with Crippen molar-refractivity contribution >= 4 is 18.5 Å². The molecule has 0 atom stereocenters. The summed E-state index contributed by atoms with van der Waals surface area (Å²) < 4.78 is 2.13. The molecule has 1 spiro atoms. The average molecular weight is 234 g/mol. The van der Waals surface area contributed by atoms with Crippen LogP contribution in [0.3, 0.4) is 0 Å². The molecule has 3 heteroatoms. The van der Waals surface area contributed by atoms with Gasteiger partial charge < -0.3 is 9.62 Å². The zero-order valence-electron chi connectivity index (χ0n) is 9.66. The number of benzene rings is 1. The van der Waals surface area contributed by atoms with E-state index < -0.39 is 0 Å². The Morgan fingerprint density at radius 3 is 2.81 bits per heavy atom. The summed E-state index contributed by atoms with van der Waals surface area (Å²) in [4.78, 5) is 0. The summed E-state index contributed by atoms with van der Waals surface area (Å²) >= 11 is 4.60. The molecule has 0 aromatic heterocycles. The van der Waals surface area contributed by atoms with E-state index in [1.807, 2.05) is 0 Å². The van der Waals surface area contributed by atoms with Crippen LogP contribution in [0.4, 0.5) is 5.69 Å². The molecule has 0 unspecified atom stereocenters. The number of nitrogens with zero attached hydrogens (tertiary/aromatic N) is 1. The molecule has 0 bridgehead atoms. The highest BCUT2D eigenvalue weighted by Crippen LogP contribution is 2.46. The van der Waals surface area contributed by atoms with Crippen LogP contribution in [0.15, 0.2) is 18.2 Å². The highest BCUT2D eigenvalue weighted by molar-refractivity contribution is 7.81. The van der Waals surface area contributed by atoms with E-state index >= 15 is 0 Å². The summed E-state index contributed by atoms with van der Waals surface area (Å²) in [5.74, 6) is 0. The van der Waals surface area contributed by atoms with Gasteiger partial charge in [-0.2, -0.15) is 0 Å². The Labute approximate surface area is 103 Å². The van der Waals surface area contributed by atoms with Crippen molar-refractivity contribution in [2.45, 2.75) is 25.2 Å². The normalized spacial score (nSPS) is 22.5. The maximum absolute atomic E-state index is 4.60. The van der Waals surface area contributed by atoms with Crippen molar-refractivity contribution in [1.82, 2.24) is 5.32 Å². The molecule has 1 saturated heterocycles. The molecule has 1 aromatic rings. The third-order valence-corrected chi connectivity index (χ3v) is 4.37. The van der Waals surface area contributed by atoms with Gasteiger partial charge in [0.1, 0.15) is 0 Å². The molecule has 0 radical (unpaired) electrons. The number of hydrogen-bond acceptors (Lipinski definition) is 3. The minimum Gasteiger partial charge on any atom is -0.318 e. The molecular formula is C13H18N2S. The van der Waals surface area contributed by atoms with Gasteiger partial charge in [-0.25, -0.2) is 0 Å². The predicted octanol–water partition coefficient (Wildman–Crippen LogP) is 2.28. The fourth-order valence-corrected chi connectivity index (χ4v) is 3.53. The number of anilines is 1. The zero-order valence-corrected chi connectivity index (χ0v) is 10.6. The summed E-state index contributed by atoms with van der Waals surface area (Å²) in [6.07, 6.45) is 2.47. The molecule has 0 amide bonds. The minimum atomic E-state index is 0.356. The third-order valence-electron chi connectivity index (χ3n) is 4.01. The molecule has 1 fully saturated rings. The van der Waals surface area contributed by atoms with Crippen molar-refractivity contribution < 1.29 is 0 Å². The quantitative estimate of drug-likeness (QED) is 0.670. The third kappa shape index (κ3) is 1.45. The standard InChI is InChI=1S/C13H18N2S/c1-10-2-3-12-11(8-10)13(9-15(12)16)4-6-14-7-5-13/h2-3,8,14,16H,4-7,9H2,1H3. The Balaban J connectivity index is 2.09. The first-order valence-corrected chi connectivity index (χ1v) is 6.40. The van der Waals surface area contributed by atoms with Crippen LogP contribution < -0.4 is 9.62 Å². The SMILES string of the molecule is Cc1ccc2c(c1)C1(CCNCC1)CN2S. The van der Waals surface area contributed by atoms with E-state index in [1.165, 1.54) is 29.7 Å². The topological polar surface area (TPSA) is 15.3 Å². The molecule has 2 aliphatic rings. The molecule has 86 valence electrons. The summed E-state index contributed by atoms with van der Waals surface area (Å²) in [6.45, 7) is 5.51. The van der Waals surface area contributed by atoms with Crippen molar-refractivity contribution in [1.29, 1.82) is 0 Å². The van der Waals surface area contributed by atoms with E-state index in [-0.39, 0.29) is 0 Å². The van der Waals surface area contributed by atoms with Crippen molar-refractivity contribution in [3.8, 4) is 0 Å². The lowest BCUT2D eigenvalue weighted by Gasteiger charge is -2.34. The summed E-state index contributed by atoms with van der Waals surface area (Å²) in [6, 6.07) is 6.76. The van der Waals surface area contributed by atoms with Crippen molar-refractivity contribution in [3.63, 3.8) is 0 Å². The molecule has 2 heterocycles. The van der Waals surface area contributed by atoms with E-state index in [2.05, 4.69) is 47.6 Å². The fraction of sp³-hybridized carbons (Fsp3) is 0.538. The van der Waals surface area contributed by atoms with E-state index in [0.29, 0.717) is 5.41 Å². The molecule has 0 aliphatic carbocycles. The second-order valence-corrected chi connectivity index (χ2v) is 5.59. The van der Waals surface area contributed by atoms with Crippen molar-refractivity contribution in [2.24, 2.45) is 0 Å². The number of fused-ring (bicyclic) bond motifs is 2. The first-order chi connectivity index (χ1) is 7.71. The maximum atomic E-state index is 4.60. The van der Waals surface area contributed by atoms with E-state index in [1.54, 1.807) is 0 Å². The van der Waals surface area contributed by atoms with Crippen LogP contribution in [0.2, 0.25) is 0 Å². The fourth-order valence-electron chi connectivity index (χ4n) is 3.09. The number of nitrogens with one attached hydrogen (secondary N) is 1. The maximum Gasteiger partial charge on any atom is 0.0506 e. The van der Waals surface area contributed by atoms with Crippen LogP contribution in [-0.2, 0) is 5.41 Å². The Morgan fingerprint density at radius 2 is 2.06 bits per heavy atom. The van der Waals surface area contributed by atoms with Crippen LogP contribution >= 0.6 is 12.8 Å². The second kappa shape index (κ2) is 3.67. The molecule has 0 saturated carbocycles. The largest absolute Gasteiger partial charge is 0.318 e. The number of piperidine rings is 1. The number of rotatable bonds is 0. The van der Waals surface area contributed by atoms with Crippen LogP contribution in [0, 0.1) is 6.92 Å². The highest BCUT2D eigenvalue weighted by Gasteiger charge is 2.42. The van der Waals surface area contributed by atoms with Gasteiger partial charge in [0.25, 0.3) is 0 Å². The van der Waals surface area contributed by atoms with Crippen LogP contribution in [0.1, 0.15) is 24.0 Å². The zero-order chi connectivity index (χ0) is 11.2. The first-order valence-electron chi connectivity index (χ1n) is 6.00. The van der Waals surface area contributed by atoms with Gasteiger partial charge in [-0.15, -0.1) is 0 Å². The molecule has 2 aliphatic heterocycles. The Hall–Kier alpha value is -0.670. The summed E-state index contributed by atoms with van der Waals surface area (Å²) in [5, 5.41) is 3.45. The molecule has 1 N–H and O–H groups in total. The van der Waals surface area contributed by atoms with Crippen LogP contribution in [0.5, 0.6) is 0 Å². The van der Waals surface area contributed by atoms with Gasteiger partial charge >= 0.3 is 0 Å². The van der Waals surface area contributed by atoms with Gasteiger partial charge in [-0.05, 0) is 44.5 Å². The van der Waals surface area contributed by atoms with Gasteiger partial charge in [0.05, 0.1) is 5.69 Å². The van der Waals surface area contributed by atoms with Gasteiger partial charge in [-0.3, -0.25) is 0 Å². The van der Waals surface area contributed by atoms with Crippen molar-refractivity contribution in [2.75, 3.05) is 23.9 Å². The van der Waals surface area contributed by atoms with E-state index in [0.717, 1.165) is 19.6 Å². The lowest BCUT2D eigenvalue weighted by Crippen LogP contribution is -2.41. The lowest BCUT2D eigenvalue weighted by atomic mass is 9.74. The van der Waals surface area contributed by atoms with E-state index in [4.69, 9.17) is 0 Å². The van der Waals surface area contributed by atoms with E-state index in [9.17, 15) is 0 Å². The second-order valence-electron chi connectivity index (χ2n) is 5.11. The molecule has 2 nitrogen and oxygen atoms in total. The predicted molar refractivity (Wildman–Crippen MR) is 71.3 cm³/mol. The lowest BCUT2D eigenvalue weighted by molar-refractivity contribution is 0.331. The molecule has 3 rings (SSSR count). The smallest absolute Gasteiger partial charge is 0.0506 e. The summed E-state index contributed by atoms with van der Waals surface area (Å²) in [5.41, 5.74) is 4.55. The highest BCUT2D eigenvalue weighted by atomic mass is 32.1. The van der Waals surface area contributed by atoms with Crippen molar-refractivity contribution in [3.05, 3.63) is 29.3 Å². The first kappa shape index (κ1) is 10.5. The van der Waals surface area contributed by atoms with Gasteiger partial charge in [0.15, 0.2) is 0 Å². The number of hydrogen-bond donors (Lipinski definition) is 2. The number of thiol groups is 1. The Bertz CT molecular complexity index is 410. The number of aryl methyl sites for hydroxylation is 1. The average Bonchev–Trinajstić information content (AvgIpc) is 2.53. The minimum absolute atomic E-state index is 0.356. The monoisotopic (exact) mass is 234 g/mol. The van der Waals surface area contributed by atoms with Gasteiger partial charge in [0.2, 0.25) is 0 Å². The van der Waals surface area contributed by atoms with Crippen LogP contribution in [-0.4, -0.2) is 19.6 Å². The summed E-state index contributed by atoms with van der Waals surface area (Å²) in [7, 11) is 0. The Morgan fingerprint density at radius 1 is 1.31 bits per heavy atom. The van der Waals surface area contributed by atoms with Gasteiger partial charge in [0, 0.05) is 12.0 Å². The molecule has 1 aromatic carbocycles. The Kier molecular flexibility index (Phi) is 2.41. The van der Waals surface area contributed by atoms with Gasteiger partial charge in [-0.1, -0.05) is 30.5 Å². The molecule has 16 heavy (non-hydrogen) atoms. The molecular weight excluding hydrogens is 216 g/mol.